The number of carbonyl (C=O) groups is 2. The van der Waals surface area contributed by atoms with E-state index in [0.717, 1.165) is 14.7 Å². The number of ether oxygens (including phenoxy) is 2. The fourth-order valence-corrected chi connectivity index (χ4v) is 4.06. The van der Waals surface area contributed by atoms with Crippen LogP contribution in [-0.2, 0) is 11.4 Å². The second-order valence-electron chi connectivity index (χ2n) is 7.55. The molecule has 178 valence electrons. The lowest BCUT2D eigenvalue weighted by atomic mass is 10.1. The number of rotatable bonds is 9. The van der Waals surface area contributed by atoms with E-state index in [9.17, 15) is 14.9 Å². The number of aryl methyl sites for hydroxylation is 1. The van der Waals surface area contributed by atoms with Crippen LogP contribution in [0.4, 0.5) is 5.69 Å². The van der Waals surface area contributed by atoms with Crippen LogP contribution >= 0.6 is 22.6 Å². The highest BCUT2D eigenvalue weighted by atomic mass is 127. The number of nitrogens with one attached hydrogen (secondary N) is 1. The van der Waals surface area contributed by atoms with Crippen molar-refractivity contribution in [1.82, 2.24) is 0 Å². The number of hydrogen-bond donors (Lipinski definition) is 2. The Balaban J connectivity index is 1.85. The highest BCUT2D eigenvalue weighted by Crippen LogP contribution is 2.35. The van der Waals surface area contributed by atoms with Crippen molar-refractivity contribution in [3.8, 4) is 17.6 Å². The van der Waals surface area contributed by atoms with Gasteiger partial charge in [-0.2, -0.15) is 5.26 Å². The van der Waals surface area contributed by atoms with E-state index in [1.165, 1.54) is 24.3 Å². The largest absolute Gasteiger partial charge is 0.490 e. The lowest BCUT2D eigenvalue weighted by molar-refractivity contribution is -0.112. The van der Waals surface area contributed by atoms with Crippen molar-refractivity contribution >= 4 is 46.2 Å². The van der Waals surface area contributed by atoms with Gasteiger partial charge in [0.2, 0.25) is 0 Å². The lowest BCUT2D eigenvalue weighted by Crippen LogP contribution is -2.14. The zero-order valence-corrected chi connectivity index (χ0v) is 21.3. The van der Waals surface area contributed by atoms with Crippen LogP contribution < -0.4 is 14.8 Å². The Hall–Kier alpha value is -3.84. The van der Waals surface area contributed by atoms with Crippen LogP contribution in [0.1, 0.15) is 34.0 Å². The number of amides is 1. The Morgan fingerprint density at radius 2 is 1.89 bits per heavy atom. The van der Waals surface area contributed by atoms with Crippen LogP contribution in [0, 0.1) is 21.8 Å². The predicted octanol–water partition coefficient (Wildman–Crippen LogP) is 5.82. The van der Waals surface area contributed by atoms with E-state index in [4.69, 9.17) is 14.6 Å². The molecule has 3 aromatic rings. The highest BCUT2D eigenvalue weighted by Gasteiger charge is 2.15. The van der Waals surface area contributed by atoms with Gasteiger partial charge in [-0.3, -0.25) is 4.79 Å². The molecule has 0 saturated carbocycles. The first kappa shape index (κ1) is 25.8. The molecule has 3 aromatic carbocycles. The van der Waals surface area contributed by atoms with Gasteiger partial charge in [-0.1, -0.05) is 35.9 Å². The predicted molar refractivity (Wildman–Crippen MR) is 141 cm³/mol. The van der Waals surface area contributed by atoms with Gasteiger partial charge in [-0.05, 0) is 84.0 Å². The van der Waals surface area contributed by atoms with Gasteiger partial charge in [-0.25, -0.2) is 4.79 Å². The average Bonchev–Trinajstić information content (AvgIpc) is 2.82. The Kier molecular flexibility index (Phi) is 8.86. The topological polar surface area (TPSA) is 109 Å². The second-order valence-corrected chi connectivity index (χ2v) is 8.71. The molecule has 0 unspecified atom stereocenters. The summed E-state index contributed by atoms with van der Waals surface area (Å²) in [5, 5.41) is 21.3. The van der Waals surface area contributed by atoms with E-state index in [1.807, 2.05) is 44.2 Å². The Labute approximate surface area is 217 Å². The molecular formula is C27H23IN2O5. The number of benzene rings is 3. The number of halogens is 1. The first-order valence-corrected chi connectivity index (χ1v) is 11.8. The summed E-state index contributed by atoms with van der Waals surface area (Å²) in [6.07, 6.45) is 1.45. The summed E-state index contributed by atoms with van der Waals surface area (Å²) in [6.45, 7) is 4.66. The third kappa shape index (κ3) is 7.07. The van der Waals surface area contributed by atoms with Gasteiger partial charge in [0.25, 0.3) is 5.91 Å². The molecule has 0 aromatic heterocycles. The molecule has 0 heterocycles. The normalized spacial score (nSPS) is 10.9. The Bertz CT molecular complexity index is 1330. The van der Waals surface area contributed by atoms with Gasteiger partial charge in [0.1, 0.15) is 18.2 Å². The maximum Gasteiger partial charge on any atom is 0.335 e. The van der Waals surface area contributed by atoms with Gasteiger partial charge in [0.05, 0.1) is 15.7 Å². The van der Waals surface area contributed by atoms with Crippen molar-refractivity contribution in [2.45, 2.75) is 20.5 Å². The van der Waals surface area contributed by atoms with E-state index in [0.29, 0.717) is 30.3 Å². The summed E-state index contributed by atoms with van der Waals surface area (Å²) in [5.74, 6) is -0.674. The summed E-state index contributed by atoms with van der Waals surface area (Å²) in [5.41, 5.74) is 2.93. The number of carboxylic acid groups (broad SMARTS) is 1. The standard InChI is InChI=1S/C27H23IN2O5/c1-3-34-24-13-19(12-23(28)25(24)35-16-18-7-4-6-17(2)10-18)11-21(15-29)26(31)30-22-9-5-8-20(14-22)27(32)33/h4-14H,3,16H2,1-2H3,(H,30,31)(H,32,33)/b21-11-. The molecule has 0 atom stereocenters. The quantitative estimate of drug-likeness (QED) is 0.187. The summed E-state index contributed by atoms with van der Waals surface area (Å²) >= 11 is 2.13. The summed E-state index contributed by atoms with van der Waals surface area (Å²) < 4.78 is 12.6. The van der Waals surface area contributed by atoms with Crippen molar-refractivity contribution in [2.24, 2.45) is 0 Å². The molecule has 0 spiro atoms. The third-order valence-corrected chi connectivity index (χ3v) is 5.64. The number of anilines is 1. The number of carboxylic acids is 1. The molecule has 3 rings (SSSR count). The molecule has 1 amide bonds. The number of nitrogens with zero attached hydrogens (tertiary/aromatic N) is 1. The number of nitriles is 1. The van der Waals surface area contributed by atoms with E-state index < -0.39 is 11.9 Å². The summed E-state index contributed by atoms with van der Waals surface area (Å²) in [7, 11) is 0. The monoisotopic (exact) mass is 582 g/mol. The zero-order valence-electron chi connectivity index (χ0n) is 19.2. The van der Waals surface area contributed by atoms with Crippen molar-refractivity contribution in [3.05, 3.63) is 92.1 Å². The molecule has 8 heteroatoms. The van der Waals surface area contributed by atoms with Crippen molar-refractivity contribution in [1.29, 1.82) is 5.26 Å². The summed E-state index contributed by atoms with van der Waals surface area (Å²) in [4.78, 5) is 23.8. The fourth-order valence-electron chi connectivity index (χ4n) is 3.28. The minimum atomic E-state index is -1.11. The number of carbonyl (C=O) groups excluding carboxylic acids is 1. The first-order chi connectivity index (χ1) is 16.8. The highest BCUT2D eigenvalue weighted by molar-refractivity contribution is 14.1. The smallest absolute Gasteiger partial charge is 0.335 e. The Morgan fingerprint density at radius 1 is 1.11 bits per heavy atom. The van der Waals surface area contributed by atoms with Crippen molar-refractivity contribution in [3.63, 3.8) is 0 Å². The van der Waals surface area contributed by atoms with Crippen molar-refractivity contribution in [2.75, 3.05) is 11.9 Å². The van der Waals surface area contributed by atoms with Gasteiger partial charge in [0, 0.05) is 5.69 Å². The zero-order chi connectivity index (χ0) is 25.4. The molecular weight excluding hydrogens is 559 g/mol. The molecule has 0 aliphatic carbocycles. The number of aromatic carboxylic acids is 1. The SMILES string of the molecule is CCOc1cc(/C=C(/C#N)C(=O)Nc2cccc(C(=O)O)c2)cc(I)c1OCc1cccc(C)c1. The number of hydrogen-bond acceptors (Lipinski definition) is 5. The van der Waals surface area contributed by atoms with E-state index in [2.05, 4.69) is 27.9 Å². The molecule has 0 bridgehead atoms. The van der Waals surface area contributed by atoms with Gasteiger partial charge in [0.15, 0.2) is 11.5 Å². The van der Waals surface area contributed by atoms with Gasteiger partial charge < -0.3 is 19.9 Å². The summed E-state index contributed by atoms with van der Waals surface area (Å²) in [6, 6.07) is 19.3. The van der Waals surface area contributed by atoms with Crippen LogP contribution in [0.15, 0.2) is 66.2 Å². The molecule has 0 saturated heterocycles. The van der Waals surface area contributed by atoms with Crippen LogP contribution in [0.25, 0.3) is 6.08 Å². The molecule has 0 aliphatic heterocycles. The minimum absolute atomic E-state index is 0.0300. The fraction of sp³-hybridized carbons (Fsp3) is 0.148. The minimum Gasteiger partial charge on any atom is -0.490 e. The first-order valence-electron chi connectivity index (χ1n) is 10.7. The van der Waals surface area contributed by atoms with Crippen molar-refractivity contribution < 1.29 is 24.2 Å². The average molecular weight is 582 g/mol. The molecule has 7 nitrogen and oxygen atoms in total. The maximum absolute atomic E-state index is 12.7. The lowest BCUT2D eigenvalue weighted by Gasteiger charge is -2.15. The molecule has 0 radical (unpaired) electrons. The van der Waals surface area contributed by atoms with Crippen LogP contribution in [0.3, 0.4) is 0 Å². The molecule has 0 aliphatic rings. The van der Waals surface area contributed by atoms with Gasteiger partial charge >= 0.3 is 5.97 Å². The van der Waals surface area contributed by atoms with E-state index in [-0.39, 0.29) is 16.8 Å². The molecule has 35 heavy (non-hydrogen) atoms. The molecule has 2 N–H and O–H groups in total. The van der Waals surface area contributed by atoms with Gasteiger partial charge in [-0.15, -0.1) is 0 Å². The molecule has 0 fully saturated rings. The van der Waals surface area contributed by atoms with E-state index in [1.54, 1.807) is 18.2 Å². The third-order valence-electron chi connectivity index (χ3n) is 4.84. The van der Waals surface area contributed by atoms with Crippen LogP contribution in [0.5, 0.6) is 11.5 Å². The van der Waals surface area contributed by atoms with Crippen LogP contribution in [-0.4, -0.2) is 23.6 Å². The Morgan fingerprint density at radius 3 is 2.57 bits per heavy atom. The maximum atomic E-state index is 12.7. The second kappa shape index (κ2) is 12.0. The van der Waals surface area contributed by atoms with E-state index >= 15 is 0 Å². The van der Waals surface area contributed by atoms with Crippen LogP contribution in [0.2, 0.25) is 0 Å².